The smallest absolute Gasteiger partial charge is 0.346 e. The van der Waals surface area contributed by atoms with Crippen molar-refractivity contribution in [3.63, 3.8) is 0 Å². The summed E-state index contributed by atoms with van der Waals surface area (Å²) in [5.74, 6) is 0.189. The van der Waals surface area contributed by atoms with Crippen molar-refractivity contribution in [1.82, 2.24) is 29.7 Å². The maximum Gasteiger partial charge on any atom is 0.346 e. The lowest BCUT2D eigenvalue weighted by atomic mass is 10.1. The fourth-order valence-electron chi connectivity index (χ4n) is 4.17. The number of fused-ring (bicyclic) bond motifs is 1. The molecule has 0 saturated carbocycles. The normalized spacial score (nSPS) is 11.5. The molecule has 0 unspecified atom stereocenters. The molecule has 0 bridgehead atoms. The fraction of sp³-hybridized carbons (Fsp3) is 0.185. The Hall–Kier alpha value is -4.66. The second-order valence-corrected chi connectivity index (χ2v) is 8.70. The summed E-state index contributed by atoms with van der Waals surface area (Å²) in [6.45, 7) is 2.27. The van der Waals surface area contributed by atoms with Crippen LogP contribution >= 0.6 is 0 Å². The number of hydrogen-bond donors (Lipinski definition) is 3. The summed E-state index contributed by atoms with van der Waals surface area (Å²) in [7, 11) is 0. The lowest BCUT2D eigenvalue weighted by Gasteiger charge is -2.06. The first kappa shape index (κ1) is 23.1. The van der Waals surface area contributed by atoms with E-state index in [2.05, 4.69) is 31.7 Å². The second kappa shape index (κ2) is 10.3. The van der Waals surface area contributed by atoms with E-state index in [1.807, 2.05) is 67.7 Å². The number of amides is 1. The van der Waals surface area contributed by atoms with Crippen molar-refractivity contribution in [2.75, 3.05) is 0 Å². The van der Waals surface area contributed by atoms with Gasteiger partial charge in [0.1, 0.15) is 12.4 Å². The third-order valence-corrected chi connectivity index (χ3v) is 6.07. The van der Waals surface area contributed by atoms with Gasteiger partial charge in [0.25, 0.3) is 5.91 Å². The minimum Gasteiger partial charge on any atom is -0.361 e. The average molecular weight is 482 g/mol. The highest BCUT2D eigenvalue weighted by Gasteiger charge is 2.17. The molecule has 0 atom stereocenters. The summed E-state index contributed by atoms with van der Waals surface area (Å²) in [6, 6.07) is 19.9. The molecule has 2 aromatic carbocycles. The Bertz CT molecular complexity index is 1550. The van der Waals surface area contributed by atoms with E-state index in [1.54, 1.807) is 10.8 Å². The number of aromatic nitrogens is 5. The van der Waals surface area contributed by atoms with Gasteiger partial charge in [0.05, 0.1) is 11.9 Å². The van der Waals surface area contributed by atoms with Gasteiger partial charge in [0.2, 0.25) is 0 Å². The van der Waals surface area contributed by atoms with Gasteiger partial charge in [-0.3, -0.25) is 9.36 Å². The van der Waals surface area contributed by atoms with Crippen molar-refractivity contribution in [2.45, 2.75) is 32.9 Å². The molecule has 3 heterocycles. The van der Waals surface area contributed by atoms with E-state index in [-0.39, 0.29) is 12.2 Å². The number of rotatable bonds is 9. The van der Waals surface area contributed by atoms with Crippen molar-refractivity contribution in [1.29, 1.82) is 0 Å². The molecule has 0 fully saturated rings. The summed E-state index contributed by atoms with van der Waals surface area (Å²) in [5, 5.41) is 9.60. The lowest BCUT2D eigenvalue weighted by Crippen LogP contribution is -2.32. The molecule has 3 N–H and O–H groups in total. The highest BCUT2D eigenvalue weighted by Crippen LogP contribution is 2.19. The molecule has 0 radical (unpaired) electrons. The zero-order chi connectivity index (χ0) is 24.9. The van der Waals surface area contributed by atoms with E-state index in [0.717, 1.165) is 33.3 Å². The first-order valence-corrected chi connectivity index (χ1v) is 11.8. The van der Waals surface area contributed by atoms with Crippen molar-refractivity contribution < 1.29 is 4.79 Å². The van der Waals surface area contributed by atoms with Crippen LogP contribution in [0.4, 0.5) is 0 Å². The summed E-state index contributed by atoms with van der Waals surface area (Å²) < 4.78 is 2.87. The second-order valence-electron chi connectivity index (χ2n) is 8.70. The molecule has 5 rings (SSSR count). The van der Waals surface area contributed by atoms with Crippen molar-refractivity contribution in [3.05, 3.63) is 112 Å². The molecule has 36 heavy (non-hydrogen) atoms. The van der Waals surface area contributed by atoms with Gasteiger partial charge in [-0.15, -0.1) is 0 Å². The van der Waals surface area contributed by atoms with Crippen LogP contribution in [0.5, 0.6) is 0 Å². The minimum absolute atomic E-state index is 0.220. The lowest BCUT2D eigenvalue weighted by molar-refractivity contribution is -0.121. The first-order valence-electron chi connectivity index (χ1n) is 11.8. The van der Waals surface area contributed by atoms with E-state index >= 15 is 0 Å². The molecule has 0 aliphatic heterocycles. The number of carbonyl (C=O) groups is 1. The zero-order valence-electron chi connectivity index (χ0n) is 19.9. The number of H-pyrrole nitrogens is 2. The molecule has 0 saturated heterocycles. The van der Waals surface area contributed by atoms with Gasteiger partial charge in [-0.05, 0) is 42.7 Å². The van der Waals surface area contributed by atoms with E-state index in [4.69, 9.17) is 0 Å². The number of nitrogens with zero attached hydrogens (tertiary/aromatic N) is 4. The summed E-state index contributed by atoms with van der Waals surface area (Å²) in [6.07, 6.45) is 6.39. The van der Waals surface area contributed by atoms with Crippen LogP contribution in [-0.2, 0) is 30.7 Å². The van der Waals surface area contributed by atoms with Crippen molar-refractivity contribution in [2.24, 2.45) is 5.10 Å². The highest BCUT2D eigenvalue weighted by molar-refractivity contribution is 5.83. The molecule has 3 aromatic heterocycles. The zero-order valence-corrected chi connectivity index (χ0v) is 19.9. The Kier molecular flexibility index (Phi) is 6.61. The van der Waals surface area contributed by atoms with Crippen LogP contribution in [0, 0.1) is 6.92 Å². The predicted octanol–water partition coefficient (Wildman–Crippen LogP) is 3.15. The third kappa shape index (κ3) is 5.20. The van der Waals surface area contributed by atoms with Crippen LogP contribution in [0.25, 0.3) is 10.9 Å². The SMILES string of the molecule is Cc1ccc(Cc2nn(CC(=O)N/N=C/c3ccc[nH]3)c(=O)n2CCc2c[nH]c3ccccc23)cc1. The van der Waals surface area contributed by atoms with Gasteiger partial charge >= 0.3 is 5.69 Å². The molecule has 0 spiro atoms. The molecule has 9 nitrogen and oxygen atoms in total. The molecule has 0 aliphatic carbocycles. The Labute approximate surface area is 207 Å². The summed E-state index contributed by atoms with van der Waals surface area (Å²) in [5.41, 5.74) is 7.29. The standard InChI is InChI=1S/C27H27N7O2/c1-19-8-10-20(11-9-19)15-25-32-34(18-26(35)31-30-17-22-5-4-13-28-22)27(36)33(25)14-12-21-16-29-24-7-3-2-6-23(21)24/h2-11,13,16-17,28-29H,12,14-15,18H2,1H3,(H,31,35)/b30-17+. The van der Waals surface area contributed by atoms with Crippen LogP contribution in [0.1, 0.15) is 28.2 Å². The molecule has 1 amide bonds. The van der Waals surface area contributed by atoms with Gasteiger partial charge in [0.15, 0.2) is 0 Å². The Morgan fingerprint density at radius 1 is 1.08 bits per heavy atom. The minimum atomic E-state index is -0.428. The van der Waals surface area contributed by atoms with Crippen LogP contribution in [0.2, 0.25) is 0 Å². The summed E-state index contributed by atoms with van der Waals surface area (Å²) in [4.78, 5) is 32.0. The highest BCUT2D eigenvalue weighted by atomic mass is 16.2. The number of benzene rings is 2. The maximum absolute atomic E-state index is 13.3. The first-order chi connectivity index (χ1) is 17.6. The van der Waals surface area contributed by atoms with Gasteiger partial charge in [-0.25, -0.2) is 14.9 Å². The number of para-hydroxylation sites is 1. The fourth-order valence-corrected chi connectivity index (χ4v) is 4.17. The number of carbonyl (C=O) groups excluding carboxylic acids is 1. The van der Waals surface area contributed by atoms with E-state index in [1.165, 1.54) is 10.9 Å². The largest absolute Gasteiger partial charge is 0.361 e. The van der Waals surface area contributed by atoms with Crippen LogP contribution < -0.4 is 11.1 Å². The number of hydrazone groups is 1. The molecular formula is C27H27N7O2. The quantitative estimate of drug-likeness (QED) is 0.222. The Morgan fingerprint density at radius 3 is 2.72 bits per heavy atom. The van der Waals surface area contributed by atoms with Crippen molar-refractivity contribution >= 4 is 23.0 Å². The monoisotopic (exact) mass is 481 g/mol. The topological polar surface area (TPSA) is 113 Å². The van der Waals surface area contributed by atoms with Crippen molar-refractivity contribution in [3.8, 4) is 0 Å². The number of aryl methyl sites for hydroxylation is 2. The van der Waals surface area contributed by atoms with Gasteiger partial charge in [-0.1, -0.05) is 48.0 Å². The van der Waals surface area contributed by atoms with E-state index < -0.39 is 5.91 Å². The average Bonchev–Trinajstić information content (AvgIpc) is 3.60. The number of aromatic amines is 2. The molecular weight excluding hydrogens is 454 g/mol. The van der Waals surface area contributed by atoms with Gasteiger partial charge in [0, 0.05) is 36.3 Å². The Balaban J connectivity index is 1.37. The van der Waals surface area contributed by atoms with Gasteiger partial charge < -0.3 is 9.97 Å². The molecule has 0 aliphatic rings. The van der Waals surface area contributed by atoms with Crippen LogP contribution in [-0.4, -0.2) is 36.4 Å². The maximum atomic E-state index is 13.3. The molecule has 5 aromatic rings. The summed E-state index contributed by atoms with van der Waals surface area (Å²) >= 11 is 0. The number of nitrogens with one attached hydrogen (secondary N) is 3. The van der Waals surface area contributed by atoms with Gasteiger partial charge in [-0.2, -0.15) is 10.2 Å². The van der Waals surface area contributed by atoms with Crippen LogP contribution in [0.3, 0.4) is 0 Å². The van der Waals surface area contributed by atoms with Crippen LogP contribution in [0.15, 0.2) is 83.0 Å². The Morgan fingerprint density at radius 2 is 1.92 bits per heavy atom. The molecule has 9 heteroatoms. The third-order valence-electron chi connectivity index (χ3n) is 6.07. The van der Waals surface area contributed by atoms with E-state index in [0.29, 0.717) is 25.2 Å². The number of hydrogen-bond acceptors (Lipinski definition) is 4. The van der Waals surface area contributed by atoms with E-state index in [9.17, 15) is 9.59 Å². The predicted molar refractivity (Wildman–Crippen MR) is 139 cm³/mol. The molecule has 182 valence electrons.